The fourth-order valence-corrected chi connectivity index (χ4v) is 4.26. The maximum atomic E-state index is 4.78. The maximum absolute atomic E-state index is 4.78. The lowest BCUT2D eigenvalue weighted by atomic mass is 9.89. The van der Waals surface area contributed by atoms with E-state index in [4.69, 9.17) is 4.98 Å². The van der Waals surface area contributed by atoms with Crippen LogP contribution < -0.4 is 5.32 Å². The zero-order chi connectivity index (χ0) is 12.5. The Kier molecular flexibility index (Phi) is 3.68. The van der Waals surface area contributed by atoms with Crippen molar-refractivity contribution in [3.63, 3.8) is 0 Å². The Balaban J connectivity index is 1.85. The molecular formula is C14H23N3S. The van der Waals surface area contributed by atoms with E-state index < -0.39 is 0 Å². The largest absolute Gasteiger partial charge is 0.319 e. The molecule has 1 N–H and O–H groups in total. The lowest BCUT2D eigenvalue weighted by molar-refractivity contribution is 0.0842. The van der Waals surface area contributed by atoms with E-state index in [1.54, 1.807) is 0 Å². The second-order valence-corrected chi connectivity index (χ2v) is 6.59. The first kappa shape index (κ1) is 12.6. The van der Waals surface area contributed by atoms with Gasteiger partial charge in [-0.3, -0.25) is 4.90 Å². The topological polar surface area (TPSA) is 28.2 Å². The van der Waals surface area contributed by atoms with Crippen LogP contribution in [0.2, 0.25) is 0 Å². The normalized spacial score (nSPS) is 29.7. The quantitative estimate of drug-likeness (QED) is 0.907. The summed E-state index contributed by atoms with van der Waals surface area (Å²) in [5.74, 6) is 0.731. The van der Waals surface area contributed by atoms with Gasteiger partial charge in [-0.25, -0.2) is 4.98 Å². The molecular weight excluding hydrogens is 242 g/mol. The summed E-state index contributed by atoms with van der Waals surface area (Å²) in [7, 11) is 2.07. The highest BCUT2D eigenvalue weighted by molar-refractivity contribution is 7.09. The van der Waals surface area contributed by atoms with E-state index in [0.717, 1.165) is 18.5 Å². The third-order valence-corrected chi connectivity index (χ3v) is 5.20. The Morgan fingerprint density at radius 2 is 2.28 bits per heavy atom. The van der Waals surface area contributed by atoms with E-state index in [2.05, 4.69) is 29.6 Å². The van der Waals surface area contributed by atoms with Crippen LogP contribution in [0.5, 0.6) is 0 Å². The molecule has 2 unspecified atom stereocenters. The van der Waals surface area contributed by atoms with E-state index >= 15 is 0 Å². The molecule has 1 aromatic rings. The molecule has 1 aromatic heterocycles. The Labute approximate surface area is 114 Å². The third-order valence-electron chi connectivity index (χ3n) is 4.17. The lowest BCUT2D eigenvalue weighted by Crippen LogP contribution is -2.43. The van der Waals surface area contributed by atoms with Gasteiger partial charge < -0.3 is 5.32 Å². The van der Waals surface area contributed by atoms with Crippen molar-refractivity contribution in [3.8, 4) is 0 Å². The van der Waals surface area contributed by atoms with Gasteiger partial charge in [0.1, 0.15) is 5.01 Å². The molecule has 1 aliphatic carbocycles. The van der Waals surface area contributed by atoms with Gasteiger partial charge in [0, 0.05) is 17.1 Å². The zero-order valence-corrected chi connectivity index (χ0v) is 12.2. The minimum atomic E-state index is 0.567. The molecule has 100 valence electrons. The van der Waals surface area contributed by atoms with E-state index in [9.17, 15) is 0 Å². The molecule has 0 radical (unpaired) electrons. The van der Waals surface area contributed by atoms with Gasteiger partial charge in [-0.15, -0.1) is 11.3 Å². The van der Waals surface area contributed by atoms with E-state index in [1.807, 2.05) is 11.3 Å². The maximum Gasteiger partial charge on any atom is 0.110 e. The molecule has 2 heterocycles. The summed E-state index contributed by atoms with van der Waals surface area (Å²) < 4.78 is 0. The number of hydrogen-bond donors (Lipinski definition) is 1. The van der Waals surface area contributed by atoms with Crippen LogP contribution in [0, 0.1) is 12.8 Å². The van der Waals surface area contributed by atoms with Gasteiger partial charge in [-0.2, -0.15) is 0 Å². The standard InChI is InChI=1S/C14H23N3S/c1-10-9-18-14(16-10)13-11(8-15-2)4-3-7-17(13)12-5-6-12/h9,11-13,15H,3-8H2,1-2H3. The van der Waals surface area contributed by atoms with Gasteiger partial charge in [0.25, 0.3) is 0 Å². The highest BCUT2D eigenvalue weighted by Gasteiger charge is 2.41. The Morgan fingerprint density at radius 1 is 1.44 bits per heavy atom. The molecule has 2 fully saturated rings. The predicted molar refractivity (Wildman–Crippen MR) is 76.0 cm³/mol. The molecule has 18 heavy (non-hydrogen) atoms. The van der Waals surface area contributed by atoms with Crippen LogP contribution >= 0.6 is 11.3 Å². The SMILES string of the molecule is CNCC1CCCN(C2CC2)C1c1nc(C)cs1. The number of thiazole rings is 1. The molecule has 1 aliphatic heterocycles. The van der Waals surface area contributed by atoms with Crippen molar-refractivity contribution in [2.45, 2.75) is 44.7 Å². The summed E-state index contributed by atoms with van der Waals surface area (Å²) in [5.41, 5.74) is 1.18. The van der Waals surface area contributed by atoms with Crippen LogP contribution in [-0.2, 0) is 0 Å². The zero-order valence-electron chi connectivity index (χ0n) is 11.4. The molecule has 0 bridgehead atoms. The first-order valence-electron chi connectivity index (χ1n) is 7.12. The second kappa shape index (κ2) is 5.27. The van der Waals surface area contributed by atoms with E-state index in [1.165, 1.54) is 42.9 Å². The molecule has 0 spiro atoms. The third kappa shape index (κ3) is 2.46. The molecule has 0 amide bonds. The number of likely N-dealkylation sites (tertiary alicyclic amines) is 1. The Hall–Kier alpha value is -0.450. The number of nitrogens with zero attached hydrogens (tertiary/aromatic N) is 2. The minimum absolute atomic E-state index is 0.567. The first-order valence-corrected chi connectivity index (χ1v) is 8.00. The van der Waals surface area contributed by atoms with Gasteiger partial charge in [-0.1, -0.05) is 0 Å². The van der Waals surface area contributed by atoms with Crippen molar-refractivity contribution in [3.05, 3.63) is 16.1 Å². The average molecular weight is 265 g/mol. The molecule has 0 aromatic carbocycles. The molecule has 4 heteroatoms. The lowest BCUT2D eigenvalue weighted by Gasteiger charge is -2.40. The van der Waals surface area contributed by atoms with Crippen molar-refractivity contribution >= 4 is 11.3 Å². The number of nitrogens with one attached hydrogen (secondary N) is 1. The number of aryl methyl sites for hydroxylation is 1. The highest BCUT2D eigenvalue weighted by atomic mass is 32.1. The first-order chi connectivity index (χ1) is 8.79. The number of rotatable bonds is 4. The van der Waals surface area contributed by atoms with Gasteiger partial charge in [0.15, 0.2) is 0 Å². The molecule has 2 aliphatic rings. The van der Waals surface area contributed by atoms with Crippen LogP contribution in [0.1, 0.15) is 42.4 Å². The van der Waals surface area contributed by atoms with Crippen molar-refractivity contribution in [1.29, 1.82) is 0 Å². The van der Waals surface area contributed by atoms with Crippen LogP contribution in [0.3, 0.4) is 0 Å². The minimum Gasteiger partial charge on any atom is -0.319 e. The summed E-state index contributed by atoms with van der Waals surface area (Å²) >= 11 is 1.85. The van der Waals surface area contributed by atoms with Crippen LogP contribution in [0.25, 0.3) is 0 Å². The molecule has 3 rings (SSSR count). The fourth-order valence-electron chi connectivity index (χ4n) is 3.25. The number of aromatic nitrogens is 1. The van der Waals surface area contributed by atoms with Crippen LogP contribution in [-0.4, -0.2) is 36.1 Å². The van der Waals surface area contributed by atoms with E-state index in [-0.39, 0.29) is 0 Å². The summed E-state index contributed by atoms with van der Waals surface area (Å²) in [5, 5.41) is 6.92. The predicted octanol–water partition coefficient (Wildman–Crippen LogP) is 2.59. The van der Waals surface area contributed by atoms with Crippen molar-refractivity contribution in [2.75, 3.05) is 20.1 Å². The van der Waals surface area contributed by atoms with Crippen molar-refractivity contribution in [2.24, 2.45) is 5.92 Å². The van der Waals surface area contributed by atoms with Gasteiger partial charge in [0.2, 0.25) is 0 Å². The Bertz CT molecular complexity index is 397. The summed E-state index contributed by atoms with van der Waals surface area (Å²) in [4.78, 5) is 7.52. The second-order valence-electron chi connectivity index (χ2n) is 5.70. The Morgan fingerprint density at radius 3 is 2.89 bits per heavy atom. The van der Waals surface area contributed by atoms with Gasteiger partial charge >= 0.3 is 0 Å². The van der Waals surface area contributed by atoms with Crippen LogP contribution in [0.4, 0.5) is 0 Å². The molecule has 1 saturated heterocycles. The summed E-state index contributed by atoms with van der Waals surface area (Å²) in [6, 6.07) is 1.41. The number of hydrogen-bond acceptors (Lipinski definition) is 4. The van der Waals surface area contributed by atoms with Crippen molar-refractivity contribution in [1.82, 2.24) is 15.2 Å². The average Bonchev–Trinajstić information content (AvgIpc) is 3.12. The van der Waals surface area contributed by atoms with Gasteiger partial charge in [-0.05, 0) is 58.7 Å². The number of piperidine rings is 1. The van der Waals surface area contributed by atoms with Gasteiger partial charge in [0.05, 0.1) is 6.04 Å². The summed E-state index contributed by atoms with van der Waals surface area (Å²) in [6.07, 6.45) is 5.48. The highest BCUT2D eigenvalue weighted by Crippen LogP contribution is 2.43. The molecule has 2 atom stereocenters. The smallest absolute Gasteiger partial charge is 0.110 e. The van der Waals surface area contributed by atoms with Crippen LogP contribution in [0.15, 0.2) is 5.38 Å². The fraction of sp³-hybridized carbons (Fsp3) is 0.786. The monoisotopic (exact) mass is 265 g/mol. The van der Waals surface area contributed by atoms with E-state index in [0.29, 0.717) is 6.04 Å². The molecule has 3 nitrogen and oxygen atoms in total. The van der Waals surface area contributed by atoms with Crippen molar-refractivity contribution < 1.29 is 0 Å². The summed E-state index contributed by atoms with van der Waals surface area (Å²) in [6.45, 7) is 4.50. The molecule has 1 saturated carbocycles.